The van der Waals surface area contributed by atoms with E-state index in [0.29, 0.717) is 18.8 Å². The molecular formula is C16H17N3O3. The van der Waals surface area contributed by atoms with Crippen LogP contribution >= 0.6 is 0 Å². The average molecular weight is 299 g/mol. The van der Waals surface area contributed by atoms with Crippen molar-refractivity contribution in [2.24, 2.45) is 5.73 Å². The minimum Gasteiger partial charge on any atom is -0.492 e. The maximum atomic E-state index is 11.8. The van der Waals surface area contributed by atoms with Crippen molar-refractivity contribution >= 4 is 17.6 Å². The van der Waals surface area contributed by atoms with E-state index in [4.69, 9.17) is 10.5 Å². The van der Waals surface area contributed by atoms with Gasteiger partial charge in [-0.05, 0) is 24.3 Å². The summed E-state index contributed by atoms with van der Waals surface area (Å²) in [6, 6.07) is 15.4. The van der Waals surface area contributed by atoms with Gasteiger partial charge in [-0.3, -0.25) is 4.79 Å². The summed E-state index contributed by atoms with van der Waals surface area (Å²) < 4.78 is 5.45. The van der Waals surface area contributed by atoms with Gasteiger partial charge in [0.25, 0.3) is 5.91 Å². The SMILES string of the molecule is NC(=O)c1ccccc1NC(=O)NCCOc1ccccc1. The third-order valence-corrected chi connectivity index (χ3v) is 2.84. The number of hydrogen-bond donors (Lipinski definition) is 3. The number of amides is 3. The third kappa shape index (κ3) is 4.52. The summed E-state index contributed by atoms with van der Waals surface area (Å²) in [5.74, 6) is 0.145. The van der Waals surface area contributed by atoms with E-state index in [2.05, 4.69) is 10.6 Å². The molecule has 0 spiro atoms. The highest BCUT2D eigenvalue weighted by atomic mass is 16.5. The van der Waals surface area contributed by atoms with Crippen LogP contribution in [0.5, 0.6) is 5.75 Å². The van der Waals surface area contributed by atoms with Crippen LogP contribution in [0.3, 0.4) is 0 Å². The molecule has 114 valence electrons. The summed E-state index contributed by atoms with van der Waals surface area (Å²) in [4.78, 5) is 23.0. The number of carbonyl (C=O) groups excluding carboxylic acids is 2. The molecule has 2 aromatic rings. The molecule has 0 aromatic heterocycles. The van der Waals surface area contributed by atoms with Crippen molar-refractivity contribution in [3.63, 3.8) is 0 Å². The molecule has 0 unspecified atom stereocenters. The van der Waals surface area contributed by atoms with E-state index in [0.717, 1.165) is 5.75 Å². The van der Waals surface area contributed by atoms with Gasteiger partial charge in [-0.15, -0.1) is 0 Å². The normalized spacial score (nSPS) is 9.82. The molecule has 0 atom stereocenters. The van der Waals surface area contributed by atoms with Crippen LogP contribution < -0.4 is 21.1 Å². The van der Waals surface area contributed by atoms with Crippen LogP contribution in [0.2, 0.25) is 0 Å². The maximum Gasteiger partial charge on any atom is 0.319 e. The second-order valence-corrected chi connectivity index (χ2v) is 4.45. The summed E-state index contributed by atoms with van der Waals surface area (Å²) in [7, 11) is 0. The quantitative estimate of drug-likeness (QED) is 0.712. The van der Waals surface area contributed by atoms with Gasteiger partial charge >= 0.3 is 6.03 Å². The smallest absolute Gasteiger partial charge is 0.319 e. The number of nitrogens with one attached hydrogen (secondary N) is 2. The summed E-state index contributed by atoms with van der Waals surface area (Å²) in [5.41, 5.74) is 5.88. The van der Waals surface area contributed by atoms with Crippen molar-refractivity contribution < 1.29 is 14.3 Å². The molecule has 2 aromatic carbocycles. The zero-order valence-corrected chi connectivity index (χ0v) is 11.9. The van der Waals surface area contributed by atoms with Crippen LogP contribution in [0.1, 0.15) is 10.4 Å². The van der Waals surface area contributed by atoms with Crippen LogP contribution in [0.4, 0.5) is 10.5 Å². The molecule has 6 heteroatoms. The molecule has 0 heterocycles. The number of hydrogen-bond acceptors (Lipinski definition) is 3. The Bertz CT molecular complexity index is 644. The van der Waals surface area contributed by atoms with E-state index >= 15 is 0 Å². The lowest BCUT2D eigenvalue weighted by molar-refractivity contribution is 0.100. The molecule has 6 nitrogen and oxygen atoms in total. The van der Waals surface area contributed by atoms with Crippen molar-refractivity contribution in [3.8, 4) is 5.75 Å². The Labute approximate surface area is 128 Å². The first kappa shape index (κ1) is 15.4. The van der Waals surface area contributed by atoms with Gasteiger partial charge in [-0.25, -0.2) is 4.79 Å². The molecule has 2 rings (SSSR count). The van der Waals surface area contributed by atoms with Crippen LogP contribution in [-0.4, -0.2) is 25.1 Å². The highest BCUT2D eigenvalue weighted by molar-refractivity contribution is 6.02. The van der Waals surface area contributed by atoms with Gasteiger partial charge in [0.15, 0.2) is 0 Å². The standard InChI is InChI=1S/C16H17N3O3/c17-15(20)13-8-4-5-9-14(13)19-16(21)18-10-11-22-12-6-2-1-3-7-12/h1-9H,10-11H2,(H2,17,20)(H2,18,19,21). The zero-order valence-electron chi connectivity index (χ0n) is 11.9. The van der Waals surface area contributed by atoms with E-state index < -0.39 is 11.9 Å². The molecule has 0 aliphatic heterocycles. The van der Waals surface area contributed by atoms with Crippen molar-refractivity contribution in [2.75, 3.05) is 18.5 Å². The lowest BCUT2D eigenvalue weighted by Gasteiger charge is -2.10. The lowest BCUT2D eigenvalue weighted by Crippen LogP contribution is -2.32. The Morgan fingerprint density at radius 3 is 2.41 bits per heavy atom. The first-order chi connectivity index (χ1) is 10.7. The van der Waals surface area contributed by atoms with Gasteiger partial charge in [-0.1, -0.05) is 30.3 Å². The minimum absolute atomic E-state index is 0.262. The summed E-state index contributed by atoms with van der Waals surface area (Å²) in [6.07, 6.45) is 0. The second-order valence-electron chi connectivity index (χ2n) is 4.45. The highest BCUT2D eigenvalue weighted by Crippen LogP contribution is 2.13. The maximum absolute atomic E-state index is 11.8. The van der Waals surface area contributed by atoms with Crippen molar-refractivity contribution in [1.82, 2.24) is 5.32 Å². The van der Waals surface area contributed by atoms with Gasteiger partial charge in [0, 0.05) is 0 Å². The first-order valence-electron chi connectivity index (χ1n) is 6.78. The Hall–Kier alpha value is -3.02. The highest BCUT2D eigenvalue weighted by Gasteiger charge is 2.09. The fraction of sp³-hybridized carbons (Fsp3) is 0.125. The Kier molecular flexibility index (Phi) is 5.37. The van der Waals surface area contributed by atoms with Crippen LogP contribution in [-0.2, 0) is 0 Å². The van der Waals surface area contributed by atoms with Gasteiger partial charge in [0.2, 0.25) is 0 Å². The Morgan fingerprint density at radius 2 is 1.68 bits per heavy atom. The first-order valence-corrected chi connectivity index (χ1v) is 6.78. The number of anilines is 1. The van der Waals surface area contributed by atoms with Gasteiger partial charge in [0.1, 0.15) is 12.4 Å². The molecule has 0 fully saturated rings. The number of carbonyl (C=O) groups is 2. The summed E-state index contributed by atoms with van der Waals surface area (Å²) in [5, 5.41) is 5.22. The van der Waals surface area contributed by atoms with Crippen molar-refractivity contribution in [3.05, 3.63) is 60.2 Å². The minimum atomic E-state index is -0.594. The molecule has 0 aliphatic rings. The molecule has 0 radical (unpaired) electrons. The van der Waals surface area contributed by atoms with Gasteiger partial charge in [0.05, 0.1) is 17.8 Å². The molecule has 3 amide bonds. The molecule has 0 saturated heterocycles. The van der Waals surface area contributed by atoms with Gasteiger partial charge < -0.3 is 21.1 Å². The van der Waals surface area contributed by atoms with Crippen molar-refractivity contribution in [2.45, 2.75) is 0 Å². The van der Waals surface area contributed by atoms with Crippen LogP contribution in [0.15, 0.2) is 54.6 Å². The van der Waals surface area contributed by atoms with Gasteiger partial charge in [-0.2, -0.15) is 0 Å². The van der Waals surface area contributed by atoms with E-state index in [1.807, 2.05) is 30.3 Å². The van der Waals surface area contributed by atoms with Crippen LogP contribution in [0, 0.1) is 0 Å². The van der Waals surface area contributed by atoms with Crippen molar-refractivity contribution in [1.29, 1.82) is 0 Å². The van der Waals surface area contributed by atoms with E-state index in [1.54, 1.807) is 24.3 Å². The number of rotatable bonds is 6. The topological polar surface area (TPSA) is 93.5 Å². The van der Waals surface area contributed by atoms with E-state index in [9.17, 15) is 9.59 Å². The summed E-state index contributed by atoms with van der Waals surface area (Å²) in [6.45, 7) is 0.675. The molecular weight excluding hydrogens is 282 g/mol. The third-order valence-electron chi connectivity index (χ3n) is 2.84. The van der Waals surface area contributed by atoms with E-state index in [-0.39, 0.29) is 5.56 Å². The zero-order chi connectivity index (χ0) is 15.8. The monoisotopic (exact) mass is 299 g/mol. The fourth-order valence-corrected chi connectivity index (χ4v) is 1.82. The Balaban J connectivity index is 1.78. The van der Waals surface area contributed by atoms with E-state index in [1.165, 1.54) is 0 Å². The largest absolute Gasteiger partial charge is 0.492 e. The predicted octanol–water partition coefficient (Wildman–Crippen LogP) is 1.99. The van der Waals surface area contributed by atoms with Crippen LogP contribution in [0.25, 0.3) is 0 Å². The number of primary amides is 1. The molecule has 0 aliphatic carbocycles. The lowest BCUT2D eigenvalue weighted by atomic mass is 10.1. The molecule has 4 N–H and O–H groups in total. The number of urea groups is 1. The molecule has 0 bridgehead atoms. The predicted molar refractivity (Wildman–Crippen MR) is 83.9 cm³/mol. The average Bonchev–Trinajstić information content (AvgIpc) is 2.53. The summed E-state index contributed by atoms with van der Waals surface area (Å²) >= 11 is 0. The number of ether oxygens (including phenoxy) is 1. The molecule has 22 heavy (non-hydrogen) atoms. The number of nitrogens with two attached hydrogens (primary N) is 1. The fourth-order valence-electron chi connectivity index (χ4n) is 1.82. The number of benzene rings is 2. The Morgan fingerprint density at radius 1 is 1.00 bits per heavy atom. The second kappa shape index (κ2) is 7.68. The molecule has 0 saturated carbocycles. The number of para-hydroxylation sites is 2.